The van der Waals surface area contributed by atoms with E-state index in [9.17, 15) is 14.7 Å². The number of carbonyl (C=O) groups is 2. The number of rotatable bonds is 5. The maximum atomic E-state index is 12.6. The summed E-state index contributed by atoms with van der Waals surface area (Å²) in [5.74, 6) is -0.294. The first-order valence-electron chi connectivity index (χ1n) is 8.27. The summed E-state index contributed by atoms with van der Waals surface area (Å²) in [6.07, 6.45) is 0.681. The summed E-state index contributed by atoms with van der Waals surface area (Å²) in [6, 6.07) is 3.40. The largest absolute Gasteiger partial charge is 0.504 e. The van der Waals surface area contributed by atoms with Gasteiger partial charge < -0.3 is 19.6 Å². The Morgan fingerprint density at radius 1 is 1.25 bits per heavy atom. The summed E-state index contributed by atoms with van der Waals surface area (Å²) >= 11 is 0. The normalized spacial score (nSPS) is 14.7. The molecule has 0 saturated carbocycles. The molecular weight excluding hydrogens is 308 g/mol. The number of likely N-dealkylation sites (N-methyl/N-ethyl adjacent to an activating group) is 2. The lowest BCUT2D eigenvalue weighted by atomic mass is 10.00. The number of carbonyl (C=O) groups excluding carboxylic acids is 2. The van der Waals surface area contributed by atoms with Crippen LogP contribution in [-0.2, 0) is 11.2 Å². The number of benzene rings is 1. The average Bonchev–Trinajstić information content (AvgIpc) is 2.83. The number of amides is 2. The van der Waals surface area contributed by atoms with Crippen molar-refractivity contribution >= 4 is 11.8 Å². The van der Waals surface area contributed by atoms with Gasteiger partial charge in [0.05, 0.1) is 12.1 Å². The van der Waals surface area contributed by atoms with E-state index in [4.69, 9.17) is 4.74 Å². The molecule has 0 fully saturated rings. The summed E-state index contributed by atoms with van der Waals surface area (Å²) in [4.78, 5) is 27.7. The zero-order valence-corrected chi connectivity index (χ0v) is 15.0. The minimum atomic E-state index is -0.399. The average molecular weight is 334 g/mol. The van der Waals surface area contributed by atoms with Gasteiger partial charge in [0.25, 0.3) is 5.91 Å². The van der Waals surface area contributed by atoms with Gasteiger partial charge in [0.1, 0.15) is 5.60 Å². The first-order valence-corrected chi connectivity index (χ1v) is 8.27. The van der Waals surface area contributed by atoms with Crippen LogP contribution in [0.25, 0.3) is 0 Å². The van der Waals surface area contributed by atoms with Gasteiger partial charge in [-0.15, -0.1) is 0 Å². The van der Waals surface area contributed by atoms with Crippen molar-refractivity contribution in [2.24, 2.45) is 0 Å². The van der Waals surface area contributed by atoms with Crippen LogP contribution in [0.1, 0.15) is 43.6 Å². The van der Waals surface area contributed by atoms with Crippen molar-refractivity contribution in [3.05, 3.63) is 23.3 Å². The Balaban J connectivity index is 2.18. The summed E-state index contributed by atoms with van der Waals surface area (Å²) in [7, 11) is 1.56. The Bertz CT molecular complexity index is 651. The van der Waals surface area contributed by atoms with E-state index in [1.807, 2.05) is 27.7 Å². The van der Waals surface area contributed by atoms with Crippen molar-refractivity contribution in [1.29, 1.82) is 0 Å². The smallest absolute Gasteiger partial charge is 0.257 e. The van der Waals surface area contributed by atoms with Crippen LogP contribution in [-0.4, -0.2) is 59.0 Å². The molecule has 0 bridgehead atoms. The third kappa shape index (κ3) is 3.47. The molecule has 0 atom stereocenters. The molecule has 0 radical (unpaired) electrons. The van der Waals surface area contributed by atoms with Gasteiger partial charge in [-0.2, -0.15) is 0 Å². The fraction of sp³-hybridized carbons (Fsp3) is 0.556. The SMILES string of the molecule is CCN(CC)C(=O)CN(C)C(=O)c1ccc2c(c1O)OC(C)(C)C2. The Morgan fingerprint density at radius 3 is 2.46 bits per heavy atom. The molecule has 6 nitrogen and oxygen atoms in total. The molecule has 24 heavy (non-hydrogen) atoms. The highest BCUT2D eigenvalue weighted by atomic mass is 16.5. The van der Waals surface area contributed by atoms with Crippen LogP contribution in [0.4, 0.5) is 0 Å². The lowest BCUT2D eigenvalue weighted by molar-refractivity contribution is -0.131. The van der Waals surface area contributed by atoms with Gasteiger partial charge in [0.15, 0.2) is 11.5 Å². The third-order valence-corrected chi connectivity index (χ3v) is 4.27. The Hall–Kier alpha value is -2.24. The molecule has 1 aliphatic heterocycles. The maximum Gasteiger partial charge on any atom is 0.257 e. The number of phenols is 1. The molecule has 1 aromatic rings. The highest BCUT2D eigenvalue weighted by molar-refractivity contribution is 5.99. The van der Waals surface area contributed by atoms with E-state index in [1.165, 1.54) is 4.90 Å². The minimum absolute atomic E-state index is 0.0244. The Morgan fingerprint density at radius 2 is 1.88 bits per heavy atom. The number of hydrogen-bond donors (Lipinski definition) is 1. The topological polar surface area (TPSA) is 70.1 Å². The van der Waals surface area contributed by atoms with Crippen LogP contribution in [0.2, 0.25) is 0 Å². The van der Waals surface area contributed by atoms with Crippen LogP contribution in [0.15, 0.2) is 12.1 Å². The molecule has 0 spiro atoms. The highest BCUT2D eigenvalue weighted by Crippen LogP contribution is 2.43. The lowest BCUT2D eigenvalue weighted by Crippen LogP contribution is -2.41. The standard InChI is InChI=1S/C18H26N2O4/c1-6-20(7-2)14(21)11-19(5)17(23)13-9-8-12-10-18(3,4)24-16(12)15(13)22/h8-9,22H,6-7,10-11H2,1-5H3. The number of ether oxygens (including phenoxy) is 1. The Kier molecular flexibility index (Phi) is 5.06. The summed E-state index contributed by atoms with van der Waals surface area (Å²) in [6.45, 7) is 8.84. The quantitative estimate of drug-likeness (QED) is 0.895. The minimum Gasteiger partial charge on any atom is -0.504 e. The fourth-order valence-corrected chi connectivity index (χ4v) is 2.97. The fourth-order valence-electron chi connectivity index (χ4n) is 2.97. The van der Waals surface area contributed by atoms with E-state index in [0.717, 1.165) is 5.56 Å². The van der Waals surface area contributed by atoms with Crippen LogP contribution < -0.4 is 4.74 Å². The van der Waals surface area contributed by atoms with Crippen molar-refractivity contribution in [1.82, 2.24) is 9.80 Å². The second-order valence-electron chi connectivity index (χ2n) is 6.72. The van der Waals surface area contributed by atoms with Crippen molar-refractivity contribution in [3.63, 3.8) is 0 Å². The van der Waals surface area contributed by atoms with Gasteiger partial charge in [-0.05, 0) is 33.8 Å². The first-order chi connectivity index (χ1) is 11.2. The van der Waals surface area contributed by atoms with Gasteiger partial charge in [0.2, 0.25) is 5.91 Å². The van der Waals surface area contributed by atoms with Gasteiger partial charge in [-0.25, -0.2) is 0 Å². The molecule has 1 N–H and O–H groups in total. The molecule has 6 heteroatoms. The molecule has 1 aliphatic rings. The van der Waals surface area contributed by atoms with E-state index >= 15 is 0 Å². The van der Waals surface area contributed by atoms with Gasteiger partial charge in [0, 0.05) is 32.1 Å². The number of fused-ring (bicyclic) bond motifs is 1. The maximum absolute atomic E-state index is 12.6. The second kappa shape index (κ2) is 6.71. The second-order valence-corrected chi connectivity index (χ2v) is 6.72. The lowest BCUT2D eigenvalue weighted by Gasteiger charge is -2.23. The molecule has 0 unspecified atom stereocenters. The van der Waals surface area contributed by atoms with Crippen LogP contribution in [0.5, 0.6) is 11.5 Å². The van der Waals surface area contributed by atoms with E-state index in [2.05, 4.69) is 0 Å². The number of nitrogens with zero attached hydrogens (tertiary/aromatic N) is 2. The number of hydrogen-bond acceptors (Lipinski definition) is 4. The van der Waals surface area contributed by atoms with Crippen LogP contribution >= 0.6 is 0 Å². The van der Waals surface area contributed by atoms with E-state index in [1.54, 1.807) is 24.1 Å². The molecular formula is C18H26N2O4. The van der Waals surface area contributed by atoms with E-state index in [-0.39, 0.29) is 23.8 Å². The zero-order valence-electron chi connectivity index (χ0n) is 15.0. The van der Waals surface area contributed by atoms with E-state index < -0.39 is 11.5 Å². The van der Waals surface area contributed by atoms with Crippen molar-refractivity contribution in [2.75, 3.05) is 26.7 Å². The zero-order chi connectivity index (χ0) is 18.1. The summed E-state index contributed by atoms with van der Waals surface area (Å²) < 4.78 is 5.75. The van der Waals surface area contributed by atoms with Gasteiger partial charge >= 0.3 is 0 Å². The molecule has 0 aliphatic carbocycles. The molecule has 2 amide bonds. The van der Waals surface area contributed by atoms with Crippen molar-refractivity contribution < 1.29 is 19.4 Å². The van der Waals surface area contributed by atoms with Crippen molar-refractivity contribution in [3.8, 4) is 11.5 Å². The predicted octanol–water partition coefficient (Wildman–Crippen LogP) is 2.05. The molecule has 1 aromatic carbocycles. The summed E-state index contributed by atoms with van der Waals surface area (Å²) in [5.41, 5.74) is 0.642. The summed E-state index contributed by atoms with van der Waals surface area (Å²) in [5, 5.41) is 10.4. The number of aromatic hydroxyl groups is 1. The molecule has 0 saturated heterocycles. The predicted molar refractivity (Wildman–Crippen MR) is 91.4 cm³/mol. The van der Waals surface area contributed by atoms with Gasteiger partial charge in [-0.3, -0.25) is 9.59 Å². The molecule has 132 valence electrons. The molecule has 2 rings (SSSR count). The van der Waals surface area contributed by atoms with Crippen LogP contribution in [0, 0.1) is 0 Å². The van der Waals surface area contributed by atoms with Crippen molar-refractivity contribution in [2.45, 2.75) is 39.7 Å². The highest BCUT2D eigenvalue weighted by Gasteiger charge is 2.34. The van der Waals surface area contributed by atoms with Crippen LogP contribution in [0.3, 0.4) is 0 Å². The molecule has 1 heterocycles. The van der Waals surface area contributed by atoms with E-state index in [0.29, 0.717) is 25.3 Å². The third-order valence-electron chi connectivity index (χ3n) is 4.27. The first kappa shape index (κ1) is 18.1. The Labute approximate surface area is 143 Å². The van der Waals surface area contributed by atoms with Gasteiger partial charge in [-0.1, -0.05) is 6.07 Å². The molecule has 0 aromatic heterocycles. The number of phenolic OH excluding ortho intramolecular Hbond substituents is 1. The monoisotopic (exact) mass is 334 g/mol.